The zero-order valence-electron chi connectivity index (χ0n) is 22.9. The van der Waals surface area contributed by atoms with E-state index in [1.54, 1.807) is 0 Å². The van der Waals surface area contributed by atoms with Crippen LogP contribution in [0.1, 0.15) is 5.56 Å². The highest BCUT2D eigenvalue weighted by molar-refractivity contribution is 9.10. The molecule has 0 bridgehead atoms. The van der Waals surface area contributed by atoms with Gasteiger partial charge in [0.2, 0.25) is 0 Å². The number of hydrogen-bond acceptors (Lipinski definition) is 3. The highest BCUT2D eigenvalue weighted by atomic mass is 79.9. The predicted octanol–water partition coefficient (Wildman–Crippen LogP) is 11.4. The largest absolute Gasteiger partial charge is 0.453 e. The van der Waals surface area contributed by atoms with Crippen LogP contribution < -0.4 is 9.64 Å². The summed E-state index contributed by atoms with van der Waals surface area (Å²) in [7, 11) is 0. The monoisotopic (exact) mass is 604 g/mol. The Labute approximate surface area is 252 Å². The van der Waals surface area contributed by atoms with Crippen molar-refractivity contribution in [1.29, 1.82) is 0 Å². The maximum Gasteiger partial charge on any atom is 0.151 e. The summed E-state index contributed by atoms with van der Waals surface area (Å²) in [4.78, 5) is 7.72. The van der Waals surface area contributed by atoms with Gasteiger partial charge in [-0.2, -0.15) is 0 Å². The van der Waals surface area contributed by atoms with Crippen LogP contribution in [-0.4, -0.2) is 4.98 Å². The lowest BCUT2D eigenvalue weighted by Crippen LogP contribution is -2.16. The van der Waals surface area contributed by atoms with Crippen molar-refractivity contribution >= 4 is 54.7 Å². The van der Waals surface area contributed by atoms with Crippen molar-refractivity contribution in [3.05, 3.63) is 143 Å². The first-order valence-electron chi connectivity index (χ1n) is 14.0. The minimum Gasteiger partial charge on any atom is -0.453 e. The third kappa shape index (κ3) is 3.99. The van der Waals surface area contributed by atoms with Gasteiger partial charge in [0.25, 0.3) is 0 Å². The minimum atomic E-state index is 0.822. The Morgan fingerprint density at radius 3 is 2.05 bits per heavy atom. The van der Waals surface area contributed by atoms with Gasteiger partial charge in [0.1, 0.15) is 0 Å². The second kappa shape index (κ2) is 9.86. The highest BCUT2D eigenvalue weighted by Crippen LogP contribution is 2.52. The van der Waals surface area contributed by atoms with Crippen molar-refractivity contribution in [1.82, 2.24) is 4.98 Å². The fourth-order valence-electron chi connectivity index (χ4n) is 6.08. The smallest absolute Gasteiger partial charge is 0.151 e. The fourth-order valence-corrected chi connectivity index (χ4v) is 6.35. The van der Waals surface area contributed by atoms with E-state index in [1.165, 1.54) is 27.5 Å². The molecule has 2 heterocycles. The molecule has 0 amide bonds. The molecule has 0 saturated heterocycles. The van der Waals surface area contributed by atoms with Crippen LogP contribution in [-0.2, 0) is 0 Å². The number of nitrogens with zero attached hydrogens (tertiary/aromatic N) is 2. The number of rotatable bonds is 3. The van der Waals surface area contributed by atoms with Crippen molar-refractivity contribution in [3.8, 4) is 33.9 Å². The van der Waals surface area contributed by atoms with E-state index in [9.17, 15) is 0 Å². The molecule has 200 valence electrons. The lowest BCUT2D eigenvalue weighted by molar-refractivity contribution is 0.477. The van der Waals surface area contributed by atoms with Gasteiger partial charge in [-0.15, -0.1) is 0 Å². The standard InChI is InChI=1S/C38H25BrN2O/c1-24-17-22-34(41-32-13-4-6-15-35(32)42-36-16-7-5-14-33(36)41)38-37(24)30(23-31(40-38)26-18-20-27(39)21-19-26)29-12-8-10-25-9-2-3-11-28(25)29/h2-23H,1H3. The molecule has 1 aliphatic heterocycles. The average Bonchev–Trinajstić information content (AvgIpc) is 3.04. The summed E-state index contributed by atoms with van der Waals surface area (Å²) in [5, 5.41) is 3.59. The molecule has 0 aliphatic carbocycles. The molecule has 42 heavy (non-hydrogen) atoms. The van der Waals surface area contributed by atoms with Crippen molar-refractivity contribution in [3.63, 3.8) is 0 Å². The molecule has 0 radical (unpaired) electrons. The molecule has 3 nitrogen and oxygen atoms in total. The van der Waals surface area contributed by atoms with Crippen molar-refractivity contribution in [2.45, 2.75) is 6.92 Å². The molecule has 8 rings (SSSR count). The second-order valence-corrected chi connectivity index (χ2v) is 11.5. The van der Waals surface area contributed by atoms with E-state index >= 15 is 0 Å². The fraction of sp³-hybridized carbons (Fsp3) is 0.0263. The maximum atomic E-state index is 6.34. The van der Waals surface area contributed by atoms with E-state index in [4.69, 9.17) is 9.72 Å². The molecular weight excluding hydrogens is 580 g/mol. The van der Waals surface area contributed by atoms with Gasteiger partial charge in [0, 0.05) is 15.4 Å². The van der Waals surface area contributed by atoms with E-state index in [0.29, 0.717) is 0 Å². The number of halogens is 1. The van der Waals surface area contributed by atoms with Gasteiger partial charge in [-0.25, -0.2) is 4.98 Å². The van der Waals surface area contributed by atoms with Gasteiger partial charge in [0.05, 0.1) is 28.3 Å². The van der Waals surface area contributed by atoms with Crippen molar-refractivity contribution in [2.24, 2.45) is 0 Å². The summed E-state index contributed by atoms with van der Waals surface area (Å²) in [6.45, 7) is 2.18. The Bertz CT molecular complexity index is 2100. The number of aryl methyl sites for hydroxylation is 1. The lowest BCUT2D eigenvalue weighted by atomic mass is 9.91. The van der Waals surface area contributed by atoms with Crippen LogP contribution in [0, 0.1) is 6.92 Å². The first-order chi connectivity index (χ1) is 20.7. The van der Waals surface area contributed by atoms with E-state index in [-0.39, 0.29) is 0 Å². The SMILES string of the molecule is Cc1ccc(N2c3ccccc3Oc3ccccc32)c2nc(-c3ccc(Br)cc3)cc(-c3cccc4ccccc34)c12. The van der Waals surface area contributed by atoms with Crippen LogP contribution in [0.5, 0.6) is 11.5 Å². The quantitative estimate of drug-likeness (QED) is 0.200. The molecule has 0 saturated carbocycles. The van der Waals surface area contributed by atoms with Crippen LogP contribution in [0.4, 0.5) is 17.1 Å². The Hall–Kier alpha value is -4.93. The summed E-state index contributed by atoms with van der Waals surface area (Å²) in [5.41, 5.74) is 9.49. The van der Waals surface area contributed by atoms with Crippen molar-refractivity contribution < 1.29 is 4.74 Å². The molecule has 4 heteroatoms. The molecular formula is C38H25BrN2O. The van der Waals surface area contributed by atoms with Crippen LogP contribution in [0.3, 0.4) is 0 Å². The van der Waals surface area contributed by atoms with E-state index in [0.717, 1.165) is 55.2 Å². The summed E-state index contributed by atoms with van der Waals surface area (Å²) in [6.07, 6.45) is 0. The van der Waals surface area contributed by atoms with Gasteiger partial charge in [-0.1, -0.05) is 101 Å². The first-order valence-corrected chi connectivity index (χ1v) is 14.8. The number of para-hydroxylation sites is 4. The minimum absolute atomic E-state index is 0.822. The van der Waals surface area contributed by atoms with Crippen LogP contribution in [0.2, 0.25) is 0 Å². The molecule has 0 N–H and O–H groups in total. The van der Waals surface area contributed by atoms with Gasteiger partial charge in [-0.3, -0.25) is 0 Å². The van der Waals surface area contributed by atoms with E-state index in [1.807, 2.05) is 24.3 Å². The molecule has 0 spiro atoms. The topological polar surface area (TPSA) is 25.4 Å². The van der Waals surface area contributed by atoms with Gasteiger partial charge in [-0.05, 0) is 82.9 Å². The number of fused-ring (bicyclic) bond motifs is 4. The van der Waals surface area contributed by atoms with E-state index < -0.39 is 0 Å². The summed E-state index contributed by atoms with van der Waals surface area (Å²) in [5.74, 6) is 1.64. The van der Waals surface area contributed by atoms with Crippen LogP contribution >= 0.6 is 15.9 Å². The van der Waals surface area contributed by atoms with Gasteiger partial charge in [0.15, 0.2) is 11.5 Å². The third-order valence-electron chi connectivity index (χ3n) is 8.04. The van der Waals surface area contributed by atoms with Gasteiger partial charge < -0.3 is 9.64 Å². The molecule has 7 aromatic rings. The Morgan fingerprint density at radius 2 is 1.29 bits per heavy atom. The zero-order valence-corrected chi connectivity index (χ0v) is 24.5. The molecule has 1 aromatic heterocycles. The van der Waals surface area contributed by atoms with Crippen LogP contribution in [0.15, 0.2) is 138 Å². The van der Waals surface area contributed by atoms with Gasteiger partial charge >= 0.3 is 0 Å². The van der Waals surface area contributed by atoms with Crippen molar-refractivity contribution in [2.75, 3.05) is 4.90 Å². The summed E-state index contributed by atoms with van der Waals surface area (Å²) < 4.78 is 7.39. The predicted molar refractivity (Wildman–Crippen MR) is 177 cm³/mol. The summed E-state index contributed by atoms with van der Waals surface area (Å²) in [6, 6.07) is 46.6. The Kier molecular flexibility index (Phi) is 5.83. The van der Waals surface area contributed by atoms with Crippen LogP contribution in [0.25, 0.3) is 44.1 Å². The molecule has 0 fully saturated rings. The maximum absolute atomic E-state index is 6.34. The average molecular weight is 606 g/mol. The number of ether oxygens (including phenoxy) is 1. The summed E-state index contributed by atoms with van der Waals surface area (Å²) >= 11 is 3.60. The molecule has 0 atom stereocenters. The first kappa shape index (κ1) is 24.8. The normalized spacial score (nSPS) is 12.2. The Balaban J connectivity index is 1.49. The highest BCUT2D eigenvalue weighted by Gasteiger charge is 2.28. The molecule has 6 aromatic carbocycles. The number of benzene rings is 6. The second-order valence-electron chi connectivity index (χ2n) is 10.6. The third-order valence-corrected chi connectivity index (χ3v) is 8.57. The van der Waals surface area contributed by atoms with E-state index in [2.05, 4.69) is 137 Å². The number of aromatic nitrogens is 1. The number of hydrogen-bond donors (Lipinski definition) is 0. The lowest BCUT2D eigenvalue weighted by Gasteiger charge is -2.33. The zero-order chi connectivity index (χ0) is 28.2. The molecule has 0 unspecified atom stereocenters. The number of pyridine rings is 1. The Morgan fingerprint density at radius 1 is 0.619 bits per heavy atom. The number of anilines is 3. The molecule has 1 aliphatic rings.